The first-order valence-corrected chi connectivity index (χ1v) is 5.06. The van der Waals surface area contributed by atoms with Crippen LogP contribution in [0.2, 0.25) is 0 Å². The minimum atomic E-state index is -0.379. The molecular formula is C11H11NS. The molecule has 0 radical (unpaired) electrons. The first kappa shape index (κ1) is 8.60. The van der Waals surface area contributed by atoms with Crippen LogP contribution in [0.25, 0.3) is 0 Å². The van der Waals surface area contributed by atoms with Crippen molar-refractivity contribution in [2.45, 2.75) is 4.87 Å². The molecule has 13 heavy (non-hydrogen) atoms. The summed E-state index contributed by atoms with van der Waals surface area (Å²) in [5.74, 6) is 0. The van der Waals surface area contributed by atoms with Crippen LogP contribution >= 0.6 is 11.8 Å². The highest BCUT2D eigenvalue weighted by Crippen LogP contribution is 2.35. The average Bonchev–Trinajstić information content (AvgIpc) is 2.20. The zero-order valence-electron chi connectivity index (χ0n) is 7.18. The van der Waals surface area contributed by atoms with E-state index >= 15 is 0 Å². The second kappa shape index (κ2) is 3.40. The van der Waals surface area contributed by atoms with Gasteiger partial charge in [-0.3, -0.25) is 0 Å². The summed E-state index contributed by atoms with van der Waals surface area (Å²) in [6.07, 6.45) is 6.01. The third-order valence-electron chi connectivity index (χ3n) is 2.02. The maximum absolute atomic E-state index is 6.21. The van der Waals surface area contributed by atoms with Crippen molar-refractivity contribution in [3.8, 4) is 0 Å². The number of rotatable bonds is 1. The van der Waals surface area contributed by atoms with Crippen LogP contribution in [0.1, 0.15) is 5.56 Å². The van der Waals surface area contributed by atoms with Gasteiger partial charge in [0.2, 0.25) is 0 Å². The van der Waals surface area contributed by atoms with Crippen molar-refractivity contribution in [1.29, 1.82) is 0 Å². The molecule has 66 valence electrons. The van der Waals surface area contributed by atoms with E-state index in [9.17, 15) is 0 Å². The average molecular weight is 189 g/mol. The van der Waals surface area contributed by atoms with Crippen molar-refractivity contribution in [2.24, 2.45) is 5.73 Å². The van der Waals surface area contributed by atoms with Crippen LogP contribution in [0.15, 0.2) is 54.0 Å². The highest BCUT2D eigenvalue weighted by molar-refractivity contribution is 8.03. The van der Waals surface area contributed by atoms with Crippen molar-refractivity contribution in [3.63, 3.8) is 0 Å². The Morgan fingerprint density at radius 2 is 1.85 bits per heavy atom. The van der Waals surface area contributed by atoms with Gasteiger partial charge in [-0.1, -0.05) is 42.5 Å². The van der Waals surface area contributed by atoms with Crippen molar-refractivity contribution < 1.29 is 0 Å². The predicted molar refractivity (Wildman–Crippen MR) is 58.2 cm³/mol. The lowest BCUT2D eigenvalue weighted by Gasteiger charge is -2.25. The SMILES string of the molecule is NC1(c2ccccc2)C=CC=CS1. The van der Waals surface area contributed by atoms with Gasteiger partial charge in [-0.2, -0.15) is 0 Å². The third kappa shape index (κ3) is 1.69. The van der Waals surface area contributed by atoms with Gasteiger partial charge in [0.25, 0.3) is 0 Å². The fraction of sp³-hybridized carbons (Fsp3) is 0.0909. The summed E-state index contributed by atoms with van der Waals surface area (Å²) in [6.45, 7) is 0. The molecule has 1 aliphatic heterocycles. The fourth-order valence-corrected chi connectivity index (χ4v) is 2.12. The van der Waals surface area contributed by atoms with Gasteiger partial charge in [0.1, 0.15) is 4.87 Å². The van der Waals surface area contributed by atoms with E-state index in [1.807, 2.05) is 41.8 Å². The van der Waals surface area contributed by atoms with E-state index in [1.54, 1.807) is 11.8 Å². The van der Waals surface area contributed by atoms with Gasteiger partial charge < -0.3 is 5.73 Å². The van der Waals surface area contributed by atoms with E-state index < -0.39 is 0 Å². The summed E-state index contributed by atoms with van der Waals surface area (Å²) in [4.78, 5) is -0.379. The highest BCUT2D eigenvalue weighted by atomic mass is 32.2. The van der Waals surface area contributed by atoms with Crippen molar-refractivity contribution in [3.05, 3.63) is 59.5 Å². The molecular weight excluding hydrogens is 178 g/mol. The molecule has 0 aromatic heterocycles. The Morgan fingerprint density at radius 3 is 2.46 bits per heavy atom. The number of allylic oxidation sites excluding steroid dienone is 2. The van der Waals surface area contributed by atoms with Crippen LogP contribution in [-0.4, -0.2) is 0 Å². The van der Waals surface area contributed by atoms with E-state index in [0.717, 1.165) is 5.56 Å². The van der Waals surface area contributed by atoms with Crippen molar-refractivity contribution in [1.82, 2.24) is 0 Å². The second-order valence-electron chi connectivity index (χ2n) is 2.96. The third-order valence-corrected chi connectivity index (χ3v) is 3.08. The number of hydrogen-bond donors (Lipinski definition) is 1. The lowest BCUT2D eigenvalue weighted by molar-refractivity contribution is 0.830. The molecule has 2 N–H and O–H groups in total. The van der Waals surface area contributed by atoms with Crippen LogP contribution in [0.3, 0.4) is 0 Å². The number of benzene rings is 1. The molecule has 0 saturated heterocycles. The molecule has 1 aromatic rings. The van der Waals surface area contributed by atoms with Gasteiger partial charge >= 0.3 is 0 Å². The number of hydrogen-bond acceptors (Lipinski definition) is 2. The van der Waals surface area contributed by atoms with E-state index in [-0.39, 0.29) is 4.87 Å². The topological polar surface area (TPSA) is 26.0 Å². The zero-order chi connectivity index (χ0) is 9.15. The van der Waals surface area contributed by atoms with Gasteiger partial charge in [-0.05, 0) is 17.0 Å². The first-order valence-electron chi connectivity index (χ1n) is 4.18. The molecule has 0 aliphatic carbocycles. The molecule has 0 fully saturated rings. The van der Waals surface area contributed by atoms with Crippen LogP contribution in [-0.2, 0) is 4.87 Å². The summed E-state index contributed by atoms with van der Waals surface area (Å²) in [5, 5.41) is 2.02. The van der Waals surface area contributed by atoms with E-state index in [4.69, 9.17) is 5.73 Å². The second-order valence-corrected chi connectivity index (χ2v) is 4.15. The Hall–Kier alpha value is -0.990. The fourth-order valence-electron chi connectivity index (χ4n) is 1.30. The molecule has 0 bridgehead atoms. The summed E-state index contributed by atoms with van der Waals surface area (Å²) >= 11 is 1.63. The summed E-state index contributed by atoms with van der Waals surface area (Å²) in [6, 6.07) is 10.1. The van der Waals surface area contributed by atoms with E-state index in [2.05, 4.69) is 12.1 Å². The normalized spacial score (nSPS) is 26.2. The van der Waals surface area contributed by atoms with Gasteiger partial charge in [0, 0.05) is 0 Å². The Morgan fingerprint density at radius 1 is 1.08 bits per heavy atom. The molecule has 2 heteroatoms. The van der Waals surface area contributed by atoms with Gasteiger partial charge in [0.05, 0.1) is 0 Å². The molecule has 1 heterocycles. The van der Waals surface area contributed by atoms with Crippen LogP contribution in [0.5, 0.6) is 0 Å². The van der Waals surface area contributed by atoms with Crippen molar-refractivity contribution >= 4 is 11.8 Å². The minimum Gasteiger partial charge on any atom is -0.310 e. The van der Waals surface area contributed by atoms with Gasteiger partial charge in [0.15, 0.2) is 0 Å². The molecule has 0 amide bonds. The van der Waals surface area contributed by atoms with Crippen LogP contribution < -0.4 is 5.73 Å². The summed E-state index contributed by atoms with van der Waals surface area (Å²) < 4.78 is 0. The minimum absolute atomic E-state index is 0.379. The van der Waals surface area contributed by atoms with Gasteiger partial charge in [-0.25, -0.2) is 0 Å². The largest absolute Gasteiger partial charge is 0.310 e. The molecule has 1 nitrogen and oxygen atoms in total. The summed E-state index contributed by atoms with van der Waals surface area (Å²) in [7, 11) is 0. The maximum Gasteiger partial charge on any atom is 0.111 e. The highest BCUT2D eigenvalue weighted by Gasteiger charge is 2.24. The van der Waals surface area contributed by atoms with E-state index in [1.165, 1.54) is 0 Å². The Kier molecular flexibility index (Phi) is 2.25. The van der Waals surface area contributed by atoms with Crippen LogP contribution in [0, 0.1) is 0 Å². The van der Waals surface area contributed by atoms with Gasteiger partial charge in [-0.15, -0.1) is 11.8 Å². The van der Waals surface area contributed by atoms with E-state index in [0.29, 0.717) is 0 Å². The lowest BCUT2D eigenvalue weighted by atomic mass is 10.1. The summed E-state index contributed by atoms with van der Waals surface area (Å²) in [5.41, 5.74) is 7.34. The monoisotopic (exact) mass is 189 g/mol. The standard InChI is InChI=1S/C11H11NS/c12-11(8-4-5-9-13-11)10-6-2-1-3-7-10/h1-9H,12H2. The molecule has 0 spiro atoms. The first-order chi connectivity index (χ1) is 6.31. The lowest BCUT2D eigenvalue weighted by Crippen LogP contribution is -2.30. The Bertz CT molecular complexity index is 342. The number of thioether (sulfide) groups is 1. The maximum atomic E-state index is 6.21. The van der Waals surface area contributed by atoms with Crippen molar-refractivity contribution in [2.75, 3.05) is 0 Å². The zero-order valence-corrected chi connectivity index (χ0v) is 8.00. The number of nitrogens with two attached hydrogens (primary N) is 1. The molecule has 1 aromatic carbocycles. The smallest absolute Gasteiger partial charge is 0.111 e. The molecule has 1 unspecified atom stereocenters. The molecule has 1 aliphatic rings. The Labute approximate surface area is 82.3 Å². The Balaban J connectivity index is 2.35. The molecule has 0 saturated carbocycles. The molecule has 2 rings (SSSR count). The quantitative estimate of drug-likeness (QED) is 0.735. The predicted octanol–water partition coefficient (Wildman–Crippen LogP) is 2.61. The molecule has 1 atom stereocenters. The van der Waals surface area contributed by atoms with Crippen LogP contribution in [0.4, 0.5) is 0 Å².